The molecule has 0 aromatic heterocycles. The van der Waals surface area contributed by atoms with Gasteiger partial charge in [-0.1, -0.05) is 29.8 Å². The van der Waals surface area contributed by atoms with E-state index in [0.29, 0.717) is 35.3 Å². The van der Waals surface area contributed by atoms with Crippen LogP contribution in [0, 0.1) is 0 Å². The number of ether oxygens (including phenoxy) is 3. The molecule has 0 bridgehead atoms. The Hall–Kier alpha value is -2.51. The van der Waals surface area contributed by atoms with Crippen LogP contribution in [0.15, 0.2) is 47.6 Å². The summed E-state index contributed by atoms with van der Waals surface area (Å²) < 4.78 is 16.6. The lowest BCUT2D eigenvalue weighted by Gasteiger charge is -2.13. The summed E-state index contributed by atoms with van der Waals surface area (Å²) in [5.74, 6) is 1.71. The number of nitrogens with one attached hydrogen (secondary N) is 1. The van der Waals surface area contributed by atoms with Crippen molar-refractivity contribution in [1.82, 2.24) is 5.43 Å². The largest absolute Gasteiger partial charge is 0.493 e. The van der Waals surface area contributed by atoms with Crippen molar-refractivity contribution in [3.8, 4) is 17.2 Å². The van der Waals surface area contributed by atoms with Gasteiger partial charge in [-0.25, -0.2) is 0 Å². The number of hydrazone groups is 1. The molecule has 0 heterocycles. The standard InChI is InChI=1S/C17H18ClN3O3S/c1-22-15-10-12(11-20-21-17(19)25)9-14(18)16(15)24-8-7-23-13-5-3-2-4-6-13/h2-6,9-11H,7-8H2,1H3,(H3,19,21,25)/b20-11-. The van der Waals surface area contributed by atoms with E-state index in [1.54, 1.807) is 12.1 Å². The minimum absolute atomic E-state index is 0.0766. The first-order chi connectivity index (χ1) is 12.1. The Morgan fingerprint density at radius 3 is 2.64 bits per heavy atom. The first kappa shape index (κ1) is 18.8. The molecule has 2 aromatic carbocycles. The van der Waals surface area contributed by atoms with Gasteiger partial charge < -0.3 is 19.9 Å². The lowest BCUT2D eigenvalue weighted by molar-refractivity contribution is 0.211. The van der Waals surface area contributed by atoms with Crippen molar-refractivity contribution in [3.05, 3.63) is 53.1 Å². The highest BCUT2D eigenvalue weighted by Gasteiger charge is 2.11. The number of hydrogen-bond acceptors (Lipinski definition) is 5. The molecule has 0 spiro atoms. The van der Waals surface area contributed by atoms with Crippen molar-refractivity contribution in [1.29, 1.82) is 0 Å². The first-order valence-electron chi connectivity index (χ1n) is 7.37. The van der Waals surface area contributed by atoms with Crippen LogP contribution in [0.2, 0.25) is 5.02 Å². The fourth-order valence-electron chi connectivity index (χ4n) is 1.94. The number of nitrogens with two attached hydrogens (primary N) is 1. The Balaban J connectivity index is 1.97. The second-order valence-electron chi connectivity index (χ2n) is 4.78. The summed E-state index contributed by atoms with van der Waals surface area (Å²) in [6.45, 7) is 0.700. The number of halogens is 1. The van der Waals surface area contributed by atoms with E-state index in [1.807, 2.05) is 30.3 Å². The molecular weight excluding hydrogens is 362 g/mol. The van der Waals surface area contributed by atoms with Crippen LogP contribution in [0.25, 0.3) is 0 Å². The van der Waals surface area contributed by atoms with Gasteiger partial charge >= 0.3 is 0 Å². The number of hydrogen-bond donors (Lipinski definition) is 2. The topological polar surface area (TPSA) is 78.1 Å². The normalized spacial score (nSPS) is 10.5. The van der Waals surface area contributed by atoms with Gasteiger partial charge in [-0.15, -0.1) is 0 Å². The Morgan fingerprint density at radius 1 is 1.24 bits per heavy atom. The second kappa shape index (κ2) is 9.71. The Bertz CT molecular complexity index is 741. The summed E-state index contributed by atoms with van der Waals surface area (Å²) >= 11 is 10.9. The van der Waals surface area contributed by atoms with E-state index in [4.69, 9.17) is 31.5 Å². The average Bonchev–Trinajstić information content (AvgIpc) is 2.60. The number of thiocarbonyl (C=S) groups is 1. The van der Waals surface area contributed by atoms with E-state index in [-0.39, 0.29) is 5.11 Å². The third-order valence-corrected chi connectivity index (χ3v) is 3.35. The number of para-hydroxylation sites is 1. The highest BCUT2D eigenvalue weighted by atomic mass is 35.5. The number of benzene rings is 2. The van der Waals surface area contributed by atoms with Gasteiger partial charge in [-0.2, -0.15) is 5.10 Å². The molecule has 8 heteroatoms. The molecule has 0 saturated heterocycles. The van der Waals surface area contributed by atoms with E-state index in [2.05, 4.69) is 22.7 Å². The zero-order valence-electron chi connectivity index (χ0n) is 13.6. The first-order valence-corrected chi connectivity index (χ1v) is 8.15. The van der Waals surface area contributed by atoms with Crippen LogP contribution >= 0.6 is 23.8 Å². The zero-order chi connectivity index (χ0) is 18.1. The molecule has 0 atom stereocenters. The van der Waals surface area contributed by atoms with E-state index >= 15 is 0 Å². The van der Waals surface area contributed by atoms with Crippen LogP contribution in [0.5, 0.6) is 17.2 Å². The van der Waals surface area contributed by atoms with E-state index in [1.165, 1.54) is 13.3 Å². The fraction of sp³-hybridized carbons (Fsp3) is 0.176. The number of nitrogens with zero attached hydrogens (tertiary/aromatic N) is 1. The van der Waals surface area contributed by atoms with Gasteiger partial charge in [-0.05, 0) is 42.0 Å². The van der Waals surface area contributed by atoms with Crippen LogP contribution in [0.1, 0.15) is 5.56 Å². The molecule has 0 aliphatic rings. The molecule has 0 amide bonds. The maximum atomic E-state index is 6.27. The Kier molecular flexibility index (Phi) is 7.31. The molecule has 0 fully saturated rings. The van der Waals surface area contributed by atoms with Crippen molar-refractivity contribution in [2.45, 2.75) is 0 Å². The average molecular weight is 380 g/mol. The number of methoxy groups -OCH3 is 1. The van der Waals surface area contributed by atoms with Gasteiger partial charge in [0.2, 0.25) is 0 Å². The maximum absolute atomic E-state index is 6.27. The molecule has 0 aliphatic carbocycles. The van der Waals surface area contributed by atoms with Crippen molar-refractivity contribution in [3.63, 3.8) is 0 Å². The van der Waals surface area contributed by atoms with Gasteiger partial charge in [0.1, 0.15) is 19.0 Å². The lowest BCUT2D eigenvalue weighted by atomic mass is 10.2. The van der Waals surface area contributed by atoms with Crippen LogP contribution in [-0.2, 0) is 0 Å². The third-order valence-electron chi connectivity index (χ3n) is 2.98. The minimum atomic E-state index is 0.0766. The molecular formula is C17H18ClN3O3S. The van der Waals surface area contributed by atoms with E-state index < -0.39 is 0 Å². The van der Waals surface area contributed by atoms with Crippen molar-refractivity contribution in [2.24, 2.45) is 10.8 Å². The molecule has 0 saturated carbocycles. The van der Waals surface area contributed by atoms with Crippen LogP contribution in [0.3, 0.4) is 0 Å². The number of rotatable bonds is 8. The molecule has 3 N–H and O–H groups in total. The van der Waals surface area contributed by atoms with Crippen molar-refractivity contribution >= 4 is 35.1 Å². The molecule has 0 aliphatic heterocycles. The monoisotopic (exact) mass is 379 g/mol. The van der Waals surface area contributed by atoms with Crippen LogP contribution in [0.4, 0.5) is 0 Å². The Labute approximate surface area is 156 Å². The Morgan fingerprint density at radius 2 is 1.96 bits per heavy atom. The highest BCUT2D eigenvalue weighted by Crippen LogP contribution is 2.36. The van der Waals surface area contributed by atoms with Crippen LogP contribution in [-0.4, -0.2) is 31.7 Å². The lowest BCUT2D eigenvalue weighted by Crippen LogP contribution is -2.23. The van der Waals surface area contributed by atoms with E-state index in [0.717, 1.165) is 5.75 Å². The maximum Gasteiger partial charge on any atom is 0.184 e. The highest BCUT2D eigenvalue weighted by molar-refractivity contribution is 7.80. The quantitative estimate of drug-likeness (QED) is 0.318. The van der Waals surface area contributed by atoms with Gasteiger partial charge in [0.15, 0.2) is 16.6 Å². The molecule has 2 aromatic rings. The van der Waals surface area contributed by atoms with Gasteiger partial charge in [0, 0.05) is 0 Å². The fourth-order valence-corrected chi connectivity index (χ4v) is 2.27. The molecule has 2 rings (SSSR count). The summed E-state index contributed by atoms with van der Waals surface area (Å²) in [5, 5.41) is 4.36. The minimum Gasteiger partial charge on any atom is -0.493 e. The van der Waals surface area contributed by atoms with E-state index in [9.17, 15) is 0 Å². The van der Waals surface area contributed by atoms with Gasteiger partial charge in [0.05, 0.1) is 18.3 Å². The zero-order valence-corrected chi connectivity index (χ0v) is 15.1. The van der Waals surface area contributed by atoms with Crippen LogP contribution < -0.4 is 25.4 Å². The summed E-state index contributed by atoms with van der Waals surface area (Å²) in [7, 11) is 1.53. The van der Waals surface area contributed by atoms with Crippen molar-refractivity contribution in [2.75, 3.05) is 20.3 Å². The molecule has 0 unspecified atom stereocenters. The summed E-state index contributed by atoms with van der Waals surface area (Å²) in [5.41, 5.74) is 8.48. The molecule has 0 radical (unpaired) electrons. The SMILES string of the molecule is COc1cc(/C=N\NC(N)=S)cc(Cl)c1OCCOc1ccccc1. The molecule has 6 nitrogen and oxygen atoms in total. The van der Waals surface area contributed by atoms with Crippen molar-refractivity contribution < 1.29 is 14.2 Å². The second-order valence-corrected chi connectivity index (χ2v) is 5.63. The third kappa shape index (κ3) is 6.13. The van der Waals surface area contributed by atoms with Gasteiger partial charge in [0.25, 0.3) is 0 Å². The smallest absolute Gasteiger partial charge is 0.184 e. The molecule has 132 valence electrons. The summed E-state index contributed by atoms with van der Waals surface area (Å²) in [6, 6.07) is 12.9. The molecule has 25 heavy (non-hydrogen) atoms. The van der Waals surface area contributed by atoms with Gasteiger partial charge in [-0.3, -0.25) is 5.43 Å². The predicted octanol–water partition coefficient (Wildman–Crippen LogP) is 2.97. The predicted molar refractivity (Wildman–Crippen MR) is 103 cm³/mol. The summed E-state index contributed by atoms with van der Waals surface area (Å²) in [4.78, 5) is 0. The summed E-state index contributed by atoms with van der Waals surface area (Å²) in [6.07, 6.45) is 1.52.